The maximum absolute atomic E-state index is 8.36. The molecule has 0 aliphatic heterocycles. The van der Waals surface area contributed by atoms with Crippen LogP contribution >= 0.6 is 0 Å². The highest BCUT2D eigenvalue weighted by atomic mass is 16.5. The zero-order chi connectivity index (χ0) is 7.82. The van der Waals surface area contributed by atoms with E-state index in [4.69, 9.17) is 14.7 Å². The van der Waals surface area contributed by atoms with E-state index >= 15 is 0 Å². The lowest BCUT2D eigenvalue weighted by molar-refractivity contribution is 0.204. The largest absolute Gasteiger partial charge is 0.497 e. The van der Waals surface area contributed by atoms with Crippen LogP contribution in [0.25, 0.3) is 0 Å². The zero-order valence-corrected chi connectivity index (χ0v) is 6.26. The molecule has 0 unspecified atom stereocenters. The van der Waals surface area contributed by atoms with Crippen molar-refractivity contribution in [2.75, 3.05) is 13.2 Å². The van der Waals surface area contributed by atoms with Crippen molar-refractivity contribution in [1.29, 1.82) is 5.26 Å². The Balaban J connectivity index is 3.70. The number of nitrogens with zero attached hydrogens (tertiary/aromatic N) is 1. The summed E-state index contributed by atoms with van der Waals surface area (Å²) >= 11 is 0. The van der Waals surface area contributed by atoms with Gasteiger partial charge in [-0.1, -0.05) is 0 Å². The van der Waals surface area contributed by atoms with Gasteiger partial charge in [0.15, 0.2) is 0 Å². The maximum atomic E-state index is 8.36. The van der Waals surface area contributed by atoms with E-state index in [2.05, 4.69) is 0 Å². The standard InChI is InChI=1S/C7H11NO2/c1-3-9-6-7(5-8)10-4-2/h6H,3-4H2,1-2H3. The number of ether oxygens (including phenoxy) is 2. The van der Waals surface area contributed by atoms with Gasteiger partial charge in [-0.15, -0.1) is 0 Å². The highest BCUT2D eigenvalue weighted by molar-refractivity contribution is 5.09. The molecule has 56 valence electrons. The number of hydrogen-bond donors (Lipinski definition) is 0. The summed E-state index contributed by atoms with van der Waals surface area (Å²) in [6.07, 6.45) is 1.32. The van der Waals surface area contributed by atoms with Crippen molar-refractivity contribution >= 4 is 0 Å². The fourth-order valence-corrected chi connectivity index (χ4v) is 0.407. The molecule has 0 amide bonds. The van der Waals surface area contributed by atoms with Crippen molar-refractivity contribution < 1.29 is 9.47 Å². The number of hydrogen-bond acceptors (Lipinski definition) is 3. The lowest BCUT2D eigenvalue weighted by Crippen LogP contribution is -1.90. The van der Waals surface area contributed by atoms with E-state index in [9.17, 15) is 0 Å². The van der Waals surface area contributed by atoms with Gasteiger partial charge in [-0.25, -0.2) is 0 Å². The molecule has 10 heavy (non-hydrogen) atoms. The first kappa shape index (κ1) is 8.83. The molecule has 0 fully saturated rings. The van der Waals surface area contributed by atoms with E-state index in [0.717, 1.165) is 0 Å². The second-order valence-corrected chi connectivity index (χ2v) is 1.48. The van der Waals surface area contributed by atoms with E-state index < -0.39 is 0 Å². The van der Waals surface area contributed by atoms with Gasteiger partial charge in [0.2, 0.25) is 5.76 Å². The average Bonchev–Trinajstić information content (AvgIpc) is 1.98. The third-order valence-electron chi connectivity index (χ3n) is 0.767. The quantitative estimate of drug-likeness (QED) is 0.439. The van der Waals surface area contributed by atoms with Crippen LogP contribution in [0.15, 0.2) is 12.0 Å². The van der Waals surface area contributed by atoms with Crippen molar-refractivity contribution in [3.63, 3.8) is 0 Å². The van der Waals surface area contributed by atoms with Crippen molar-refractivity contribution in [1.82, 2.24) is 0 Å². The molecule has 0 spiro atoms. The summed E-state index contributed by atoms with van der Waals surface area (Å²) in [5.74, 6) is 0.226. The first-order valence-electron chi connectivity index (χ1n) is 3.19. The Bertz CT molecular complexity index is 146. The molecule has 0 aliphatic rings. The molecule has 0 N–H and O–H groups in total. The van der Waals surface area contributed by atoms with E-state index in [1.807, 2.05) is 19.9 Å². The highest BCUT2D eigenvalue weighted by Gasteiger charge is 1.91. The molecule has 0 saturated carbocycles. The van der Waals surface area contributed by atoms with Crippen LogP contribution in [-0.2, 0) is 9.47 Å². The molecule has 3 heteroatoms. The van der Waals surface area contributed by atoms with Crippen molar-refractivity contribution in [2.45, 2.75) is 13.8 Å². The molecule has 0 aromatic heterocycles. The summed E-state index contributed by atoms with van der Waals surface area (Å²) in [7, 11) is 0. The van der Waals surface area contributed by atoms with Gasteiger partial charge in [0.05, 0.1) is 13.2 Å². The summed E-state index contributed by atoms with van der Waals surface area (Å²) in [6.45, 7) is 4.71. The van der Waals surface area contributed by atoms with Crippen LogP contribution in [0, 0.1) is 11.3 Å². The Kier molecular flexibility index (Phi) is 5.26. The minimum atomic E-state index is 0.226. The minimum absolute atomic E-state index is 0.226. The Hall–Kier alpha value is -1.17. The van der Waals surface area contributed by atoms with Crippen molar-refractivity contribution in [2.24, 2.45) is 0 Å². The molecular weight excluding hydrogens is 130 g/mol. The molecule has 0 aromatic rings. The van der Waals surface area contributed by atoms with Gasteiger partial charge < -0.3 is 9.47 Å². The predicted molar refractivity (Wildman–Crippen MR) is 36.9 cm³/mol. The number of allylic oxidation sites excluding steroid dienone is 1. The fraction of sp³-hybridized carbons (Fsp3) is 0.571. The summed E-state index contributed by atoms with van der Waals surface area (Å²) < 4.78 is 9.70. The maximum Gasteiger partial charge on any atom is 0.232 e. The minimum Gasteiger partial charge on any atom is -0.497 e. The van der Waals surface area contributed by atoms with Crippen LogP contribution in [0.5, 0.6) is 0 Å². The van der Waals surface area contributed by atoms with Crippen LogP contribution in [0.4, 0.5) is 0 Å². The van der Waals surface area contributed by atoms with Gasteiger partial charge in [0.1, 0.15) is 12.3 Å². The van der Waals surface area contributed by atoms with Gasteiger partial charge in [-0.05, 0) is 13.8 Å². The number of nitriles is 1. The van der Waals surface area contributed by atoms with Gasteiger partial charge in [0.25, 0.3) is 0 Å². The van der Waals surface area contributed by atoms with Crippen LogP contribution in [-0.4, -0.2) is 13.2 Å². The molecule has 0 rings (SSSR count). The first-order chi connectivity index (χ1) is 4.85. The van der Waals surface area contributed by atoms with Crippen LogP contribution < -0.4 is 0 Å². The van der Waals surface area contributed by atoms with Crippen LogP contribution in [0.2, 0.25) is 0 Å². The summed E-state index contributed by atoms with van der Waals surface area (Å²) in [5, 5.41) is 8.36. The lowest BCUT2D eigenvalue weighted by Gasteiger charge is -1.98. The lowest BCUT2D eigenvalue weighted by atomic mass is 10.6. The SMILES string of the molecule is CCOC=C(C#N)OCC. The topological polar surface area (TPSA) is 42.2 Å². The molecule has 0 saturated heterocycles. The molecule has 0 aliphatic carbocycles. The summed E-state index contributed by atoms with van der Waals surface area (Å²) in [5.41, 5.74) is 0. The molecule has 0 atom stereocenters. The molecule has 0 heterocycles. The fourth-order valence-electron chi connectivity index (χ4n) is 0.407. The van der Waals surface area contributed by atoms with E-state index in [0.29, 0.717) is 13.2 Å². The van der Waals surface area contributed by atoms with Crippen molar-refractivity contribution in [3.05, 3.63) is 12.0 Å². The zero-order valence-electron chi connectivity index (χ0n) is 6.26. The third-order valence-corrected chi connectivity index (χ3v) is 0.767. The second-order valence-electron chi connectivity index (χ2n) is 1.48. The molecular formula is C7H11NO2. The monoisotopic (exact) mass is 141 g/mol. The van der Waals surface area contributed by atoms with Crippen LogP contribution in [0.1, 0.15) is 13.8 Å². The van der Waals surface area contributed by atoms with Gasteiger partial charge >= 0.3 is 0 Å². The van der Waals surface area contributed by atoms with E-state index in [1.165, 1.54) is 6.26 Å². The molecule has 0 bridgehead atoms. The van der Waals surface area contributed by atoms with Crippen LogP contribution in [0.3, 0.4) is 0 Å². The molecule has 0 aromatic carbocycles. The third kappa shape index (κ3) is 3.79. The predicted octanol–water partition coefficient (Wildman–Crippen LogP) is 1.42. The normalized spacial score (nSPS) is 10.3. The first-order valence-corrected chi connectivity index (χ1v) is 3.19. The Labute approximate surface area is 60.9 Å². The van der Waals surface area contributed by atoms with Gasteiger partial charge in [-0.3, -0.25) is 0 Å². The number of rotatable bonds is 4. The Morgan fingerprint density at radius 3 is 2.60 bits per heavy atom. The second kappa shape index (κ2) is 5.96. The highest BCUT2D eigenvalue weighted by Crippen LogP contribution is 1.94. The summed E-state index contributed by atoms with van der Waals surface area (Å²) in [6, 6.07) is 1.85. The van der Waals surface area contributed by atoms with Gasteiger partial charge in [-0.2, -0.15) is 5.26 Å². The smallest absolute Gasteiger partial charge is 0.232 e. The van der Waals surface area contributed by atoms with E-state index in [-0.39, 0.29) is 5.76 Å². The van der Waals surface area contributed by atoms with Gasteiger partial charge in [0, 0.05) is 0 Å². The Morgan fingerprint density at radius 2 is 2.20 bits per heavy atom. The van der Waals surface area contributed by atoms with Crippen molar-refractivity contribution in [3.8, 4) is 6.07 Å². The molecule has 0 radical (unpaired) electrons. The summed E-state index contributed by atoms with van der Waals surface area (Å²) in [4.78, 5) is 0. The van der Waals surface area contributed by atoms with E-state index in [1.54, 1.807) is 0 Å². The molecule has 3 nitrogen and oxygen atoms in total. The Morgan fingerprint density at radius 1 is 1.50 bits per heavy atom. The average molecular weight is 141 g/mol.